The van der Waals surface area contributed by atoms with Crippen molar-refractivity contribution in [3.8, 4) is 0 Å². The van der Waals surface area contributed by atoms with Gasteiger partial charge >= 0.3 is 0 Å². The number of rotatable bonds is 6. The Balaban J connectivity index is 1.65. The number of nitro benzene ring substituents is 1. The number of carbonyl (C=O) groups excluding carboxylic acids is 1. The lowest BCUT2D eigenvalue weighted by Gasteiger charge is -2.29. The molecular weight excluding hydrogens is 388 g/mol. The van der Waals surface area contributed by atoms with E-state index in [0.29, 0.717) is 29.5 Å². The highest BCUT2D eigenvalue weighted by atomic mass is 35.5. The van der Waals surface area contributed by atoms with Crippen molar-refractivity contribution < 1.29 is 9.72 Å². The van der Waals surface area contributed by atoms with Gasteiger partial charge in [-0.15, -0.1) is 11.8 Å². The lowest BCUT2D eigenvalue weighted by Crippen LogP contribution is -2.43. The van der Waals surface area contributed by atoms with Gasteiger partial charge in [-0.3, -0.25) is 14.9 Å². The molecule has 0 radical (unpaired) electrons. The van der Waals surface area contributed by atoms with E-state index in [1.807, 2.05) is 17.0 Å². The van der Waals surface area contributed by atoms with E-state index in [0.717, 1.165) is 18.0 Å². The minimum Gasteiger partial charge on any atom is -0.363 e. The standard InChI is InChI=1S/C18H19ClN4O3S/c19-13-1-4-15(5-2-13)27-12-18(24)21-14-3-6-16(17(11-14)23(25)26)22-9-7-20-8-10-22/h1-6,11,20H,7-10,12H2,(H,21,24). The summed E-state index contributed by atoms with van der Waals surface area (Å²) in [5.74, 6) is -0.0196. The number of carbonyl (C=O) groups is 1. The fraction of sp³-hybridized carbons (Fsp3) is 0.278. The van der Waals surface area contributed by atoms with Crippen molar-refractivity contribution in [1.29, 1.82) is 0 Å². The monoisotopic (exact) mass is 406 g/mol. The second kappa shape index (κ2) is 9.07. The minimum absolute atomic E-state index is 0.0000503. The Morgan fingerprint density at radius 1 is 1.22 bits per heavy atom. The van der Waals surface area contributed by atoms with Gasteiger partial charge in [0.15, 0.2) is 0 Å². The van der Waals surface area contributed by atoms with E-state index in [-0.39, 0.29) is 17.3 Å². The maximum atomic E-state index is 12.2. The third kappa shape index (κ3) is 5.35. The number of hydrogen-bond acceptors (Lipinski definition) is 6. The zero-order valence-corrected chi connectivity index (χ0v) is 16.1. The van der Waals surface area contributed by atoms with Gasteiger partial charge < -0.3 is 15.5 Å². The lowest BCUT2D eigenvalue weighted by atomic mass is 10.2. The fourth-order valence-electron chi connectivity index (χ4n) is 2.80. The summed E-state index contributed by atoms with van der Waals surface area (Å²) in [6.45, 7) is 3.00. The minimum atomic E-state index is -0.407. The molecule has 142 valence electrons. The van der Waals surface area contributed by atoms with Crippen LogP contribution < -0.4 is 15.5 Å². The van der Waals surface area contributed by atoms with Gasteiger partial charge in [0.1, 0.15) is 5.69 Å². The van der Waals surface area contributed by atoms with Gasteiger partial charge in [0.25, 0.3) is 5.69 Å². The highest BCUT2D eigenvalue weighted by Gasteiger charge is 2.22. The summed E-state index contributed by atoms with van der Waals surface area (Å²) in [4.78, 5) is 26.2. The second-order valence-electron chi connectivity index (χ2n) is 5.99. The van der Waals surface area contributed by atoms with Crippen molar-refractivity contribution in [2.24, 2.45) is 0 Å². The molecule has 0 aromatic heterocycles. The van der Waals surface area contributed by atoms with Gasteiger partial charge in [0.2, 0.25) is 5.91 Å². The van der Waals surface area contributed by atoms with Crippen LogP contribution in [-0.2, 0) is 4.79 Å². The molecule has 0 unspecified atom stereocenters. The van der Waals surface area contributed by atoms with Crippen molar-refractivity contribution in [2.75, 3.05) is 42.1 Å². The van der Waals surface area contributed by atoms with Crippen molar-refractivity contribution in [1.82, 2.24) is 5.32 Å². The third-order valence-corrected chi connectivity index (χ3v) is 5.36. The number of nitrogens with one attached hydrogen (secondary N) is 2. The number of thioether (sulfide) groups is 1. The van der Waals surface area contributed by atoms with Gasteiger partial charge in [-0.25, -0.2) is 0 Å². The van der Waals surface area contributed by atoms with Gasteiger partial charge in [-0.1, -0.05) is 11.6 Å². The Morgan fingerprint density at radius 3 is 2.59 bits per heavy atom. The van der Waals surface area contributed by atoms with E-state index in [1.165, 1.54) is 17.8 Å². The first-order valence-electron chi connectivity index (χ1n) is 8.45. The first-order valence-corrected chi connectivity index (χ1v) is 9.81. The SMILES string of the molecule is O=C(CSc1ccc(Cl)cc1)Nc1ccc(N2CCNCC2)c([N+](=O)[O-])c1. The molecule has 1 amide bonds. The van der Waals surface area contributed by atoms with Crippen molar-refractivity contribution in [3.05, 3.63) is 57.6 Å². The molecule has 0 spiro atoms. The van der Waals surface area contributed by atoms with Crippen molar-refractivity contribution in [3.63, 3.8) is 0 Å². The number of nitrogens with zero attached hydrogens (tertiary/aromatic N) is 2. The second-order valence-corrected chi connectivity index (χ2v) is 7.47. The van der Waals surface area contributed by atoms with E-state index < -0.39 is 4.92 Å². The van der Waals surface area contributed by atoms with E-state index in [2.05, 4.69) is 10.6 Å². The predicted octanol–water partition coefficient (Wildman–Crippen LogP) is 3.39. The number of benzene rings is 2. The van der Waals surface area contributed by atoms with E-state index in [4.69, 9.17) is 11.6 Å². The first-order chi connectivity index (χ1) is 13.0. The maximum absolute atomic E-state index is 12.2. The lowest BCUT2D eigenvalue weighted by molar-refractivity contribution is -0.384. The first kappa shape index (κ1) is 19.5. The molecule has 27 heavy (non-hydrogen) atoms. The van der Waals surface area contributed by atoms with Gasteiger partial charge in [0.05, 0.1) is 10.7 Å². The average molecular weight is 407 g/mol. The normalized spacial score (nSPS) is 14.0. The molecule has 2 aromatic carbocycles. The van der Waals surface area contributed by atoms with Gasteiger partial charge in [-0.05, 0) is 36.4 Å². The average Bonchev–Trinajstić information content (AvgIpc) is 2.68. The zero-order chi connectivity index (χ0) is 19.2. The molecule has 7 nitrogen and oxygen atoms in total. The molecule has 0 bridgehead atoms. The van der Waals surface area contributed by atoms with Crippen LogP contribution in [0.4, 0.5) is 17.1 Å². The topological polar surface area (TPSA) is 87.5 Å². The molecule has 2 N–H and O–H groups in total. The number of anilines is 2. The van der Waals surface area contributed by atoms with Crippen LogP contribution in [0.5, 0.6) is 0 Å². The van der Waals surface area contributed by atoms with Crippen LogP contribution in [0.25, 0.3) is 0 Å². The zero-order valence-electron chi connectivity index (χ0n) is 14.5. The molecule has 0 aliphatic carbocycles. The van der Waals surface area contributed by atoms with Crippen LogP contribution in [0.1, 0.15) is 0 Å². The fourth-order valence-corrected chi connectivity index (χ4v) is 3.62. The summed E-state index contributed by atoms with van der Waals surface area (Å²) in [7, 11) is 0. The Labute approximate surface area is 166 Å². The Kier molecular flexibility index (Phi) is 6.54. The molecule has 2 aromatic rings. The summed E-state index contributed by atoms with van der Waals surface area (Å²) in [6.07, 6.45) is 0. The molecule has 0 atom stereocenters. The molecule has 0 saturated carbocycles. The van der Waals surface area contributed by atoms with Crippen LogP contribution in [-0.4, -0.2) is 42.8 Å². The van der Waals surface area contributed by atoms with E-state index in [9.17, 15) is 14.9 Å². The Bertz CT molecular complexity index is 826. The summed E-state index contributed by atoms with van der Waals surface area (Å²) in [6, 6.07) is 12.0. The Hall–Kier alpha value is -2.29. The molecule has 1 aliphatic heterocycles. The molecular formula is C18H19ClN4O3S. The highest BCUT2D eigenvalue weighted by molar-refractivity contribution is 8.00. The van der Waals surface area contributed by atoms with Crippen LogP contribution in [0.3, 0.4) is 0 Å². The molecule has 1 aliphatic rings. The van der Waals surface area contributed by atoms with Gasteiger partial charge in [-0.2, -0.15) is 0 Å². The number of amides is 1. The summed E-state index contributed by atoms with van der Waals surface area (Å²) in [5, 5.41) is 18.1. The largest absolute Gasteiger partial charge is 0.363 e. The van der Waals surface area contributed by atoms with Crippen LogP contribution >= 0.6 is 23.4 Å². The molecule has 3 rings (SSSR count). The number of halogens is 1. The number of hydrogen-bond donors (Lipinski definition) is 2. The van der Waals surface area contributed by atoms with E-state index >= 15 is 0 Å². The number of nitro groups is 1. The highest BCUT2D eigenvalue weighted by Crippen LogP contribution is 2.31. The smallest absolute Gasteiger partial charge is 0.294 e. The molecule has 1 heterocycles. The number of piperazine rings is 1. The third-order valence-electron chi connectivity index (χ3n) is 4.10. The summed E-state index contributed by atoms with van der Waals surface area (Å²) >= 11 is 7.21. The summed E-state index contributed by atoms with van der Waals surface area (Å²) < 4.78 is 0. The maximum Gasteiger partial charge on any atom is 0.294 e. The van der Waals surface area contributed by atoms with Crippen LogP contribution in [0, 0.1) is 10.1 Å². The van der Waals surface area contributed by atoms with Crippen LogP contribution in [0.2, 0.25) is 5.02 Å². The van der Waals surface area contributed by atoms with Crippen molar-refractivity contribution in [2.45, 2.75) is 4.90 Å². The molecule has 1 saturated heterocycles. The summed E-state index contributed by atoms with van der Waals surface area (Å²) in [5.41, 5.74) is 0.998. The predicted molar refractivity (Wildman–Crippen MR) is 109 cm³/mol. The van der Waals surface area contributed by atoms with E-state index in [1.54, 1.807) is 24.3 Å². The molecule has 1 fully saturated rings. The van der Waals surface area contributed by atoms with Crippen LogP contribution in [0.15, 0.2) is 47.4 Å². The van der Waals surface area contributed by atoms with Gasteiger partial charge in [0, 0.05) is 47.9 Å². The van der Waals surface area contributed by atoms with Crippen molar-refractivity contribution >= 4 is 46.3 Å². The quantitative estimate of drug-likeness (QED) is 0.434. The Morgan fingerprint density at radius 2 is 1.93 bits per heavy atom. The molecule has 9 heteroatoms.